The lowest BCUT2D eigenvalue weighted by Crippen LogP contribution is -2.25. The van der Waals surface area contributed by atoms with E-state index in [2.05, 4.69) is 10.3 Å². The second kappa shape index (κ2) is 7.76. The SMILES string of the molecule is Cc1cccnc1CNC(=O)CCOCCN. The lowest BCUT2D eigenvalue weighted by molar-refractivity contribution is -0.122. The first-order valence-corrected chi connectivity index (χ1v) is 5.69. The zero-order valence-electron chi connectivity index (χ0n) is 10.1. The van der Waals surface area contributed by atoms with Gasteiger partial charge < -0.3 is 15.8 Å². The maximum atomic E-state index is 11.4. The van der Waals surface area contributed by atoms with Gasteiger partial charge >= 0.3 is 0 Å². The lowest BCUT2D eigenvalue weighted by Gasteiger charge is -2.07. The first-order valence-electron chi connectivity index (χ1n) is 5.69. The second-order valence-electron chi connectivity index (χ2n) is 3.69. The van der Waals surface area contributed by atoms with Crippen molar-refractivity contribution >= 4 is 5.91 Å². The summed E-state index contributed by atoms with van der Waals surface area (Å²) in [4.78, 5) is 15.6. The molecule has 1 aromatic rings. The fraction of sp³-hybridized carbons (Fsp3) is 0.500. The number of rotatable bonds is 7. The third kappa shape index (κ3) is 5.42. The zero-order valence-corrected chi connectivity index (χ0v) is 10.1. The van der Waals surface area contributed by atoms with Crippen LogP contribution in [0.15, 0.2) is 18.3 Å². The number of ether oxygens (including phenoxy) is 1. The number of nitrogens with zero attached hydrogens (tertiary/aromatic N) is 1. The van der Waals surface area contributed by atoms with Gasteiger partial charge in [-0.2, -0.15) is 0 Å². The molecule has 3 N–H and O–H groups in total. The van der Waals surface area contributed by atoms with E-state index in [4.69, 9.17) is 10.5 Å². The summed E-state index contributed by atoms with van der Waals surface area (Å²) in [6.07, 6.45) is 2.07. The van der Waals surface area contributed by atoms with Gasteiger partial charge in [0.05, 0.1) is 25.5 Å². The summed E-state index contributed by atoms with van der Waals surface area (Å²) in [5, 5.41) is 2.80. The molecule has 0 aliphatic rings. The Hall–Kier alpha value is -1.46. The molecule has 0 fully saturated rings. The summed E-state index contributed by atoms with van der Waals surface area (Å²) in [6.45, 7) is 3.81. The fourth-order valence-corrected chi connectivity index (χ4v) is 1.32. The van der Waals surface area contributed by atoms with Crippen LogP contribution in [0, 0.1) is 6.92 Å². The van der Waals surface area contributed by atoms with Gasteiger partial charge in [0.25, 0.3) is 0 Å². The molecule has 1 rings (SSSR count). The number of nitrogens with one attached hydrogen (secondary N) is 1. The van der Waals surface area contributed by atoms with Crippen LogP contribution in [0.1, 0.15) is 17.7 Å². The monoisotopic (exact) mass is 237 g/mol. The van der Waals surface area contributed by atoms with Crippen LogP contribution < -0.4 is 11.1 Å². The Balaban J connectivity index is 2.22. The molecule has 1 amide bonds. The molecule has 94 valence electrons. The van der Waals surface area contributed by atoms with Crippen molar-refractivity contribution in [2.24, 2.45) is 5.73 Å². The molecule has 0 spiro atoms. The number of amides is 1. The number of pyridine rings is 1. The Morgan fingerprint density at radius 2 is 2.35 bits per heavy atom. The average Bonchev–Trinajstić information content (AvgIpc) is 2.34. The topological polar surface area (TPSA) is 77.2 Å². The van der Waals surface area contributed by atoms with E-state index in [0.29, 0.717) is 32.7 Å². The van der Waals surface area contributed by atoms with Crippen LogP contribution in [-0.2, 0) is 16.1 Å². The van der Waals surface area contributed by atoms with Gasteiger partial charge in [-0.05, 0) is 18.6 Å². The summed E-state index contributed by atoms with van der Waals surface area (Å²) < 4.78 is 5.13. The summed E-state index contributed by atoms with van der Waals surface area (Å²) in [5.41, 5.74) is 7.23. The molecule has 1 aromatic heterocycles. The molecule has 0 saturated heterocycles. The largest absolute Gasteiger partial charge is 0.380 e. The van der Waals surface area contributed by atoms with Gasteiger partial charge in [0.15, 0.2) is 0 Å². The highest BCUT2D eigenvalue weighted by Gasteiger charge is 2.03. The molecule has 17 heavy (non-hydrogen) atoms. The zero-order chi connectivity index (χ0) is 12.5. The summed E-state index contributed by atoms with van der Waals surface area (Å²) >= 11 is 0. The minimum Gasteiger partial charge on any atom is -0.380 e. The molecule has 5 nitrogen and oxygen atoms in total. The van der Waals surface area contributed by atoms with E-state index in [-0.39, 0.29) is 5.91 Å². The fourth-order valence-electron chi connectivity index (χ4n) is 1.32. The molecule has 0 aromatic carbocycles. The van der Waals surface area contributed by atoms with Gasteiger partial charge in [0.2, 0.25) is 5.91 Å². The highest BCUT2D eigenvalue weighted by Crippen LogP contribution is 2.02. The van der Waals surface area contributed by atoms with Crippen LogP contribution in [0.5, 0.6) is 0 Å². The average molecular weight is 237 g/mol. The first-order chi connectivity index (χ1) is 8.24. The minimum atomic E-state index is -0.0351. The maximum Gasteiger partial charge on any atom is 0.222 e. The Morgan fingerprint density at radius 1 is 1.53 bits per heavy atom. The molecule has 0 bridgehead atoms. The van der Waals surface area contributed by atoms with Crippen molar-refractivity contribution in [2.45, 2.75) is 19.9 Å². The number of aryl methyl sites for hydroxylation is 1. The quantitative estimate of drug-likeness (QED) is 0.672. The Kier molecular flexibility index (Phi) is 6.21. The van der Waals surface area contributed by atoms with Crippen molar-refractivity contribution in [1.29, 1.82) is 0 Å². The molecular weight excluding hydrogens is 218 g/mol. The van der Waals surface area contributed by atoms with E-state index in [1.54, 1.807) is 6.20 Å². The number of aromatic nitrogens is 1. The van der Waals surface area contributed by atoms with Crippen molar-refractivity contribution in [3.63, 3.8) is 0 Å². The highest BCUT2D eigenvalue weighted by molar-refractivity contribution is 5.75. The number of hydrogen-bond donors (Lipinski definition) is 2. The standard InChI is InChI=1S/C12H19N3O2/c1-10-3-2-6-14-11(10)9-15-12(16)4-7-17-8-5-13/h2-3,6H,4-5,7-9,13H2,1H3,(H,15,16). The van der Waals surface area contributed by atoms with E-state index in [0.717, 1.165) is 11.3 Å². The van der Waals surface area contributed by atoms with Gasteiger partial charge in [-0.3, -0.25) is 9.78 Å². The van der Waals surface area contributed by atoms with Crippen molar-refractivity contribution in [3.8, 4) is 0 Å². The lowest BCUT2D eigenvalue weighted by atomic mass is 10.2. The molecule has 0 saturated carbocycles. The number of hydrogen-bond acceptors (Lipinski definition) is 4. The smallest absolute Gasteiger partial charge is 0.222 e. The van der Waals surface area contributed by atoms with Gasteiger partial charge in [-0.1, -0.05) is 6.07 Å². The van der Waals surface area contributed by atoms with E-state index < -0.39 is 0 Å². The van der Waals surface area contributed by atoms with Gasteiger partial charge in [-0.25, -0.2) is 0 Å². The first kappa shape index (κ1) is 13.6. The van der Waals surface area contributed by atoms with E-state index in [1.165, 1.54) is 0 Å². The van der Waals surface area contributed by atoms with Crippen molar-refractivity contribution in [1.82, 2.24) is 10.3 Å². The number of nitrogens with two attached hydrogens (primary N) is 1. The maximum absolute atomic E-state index is 11.4. The summed E-state index contributed by atoms with van der Waals surface area (Å²) in [7, 11) is 0. The molecule has 0 atom stereocenters. The van der Waals surface area contributed by atoms with Crippen molar-refractivity contribution in [2.75, 3.05) is 19.8 Å². The van der Waals surface area contributed by atoms with Crippen molar-refractivity contribution < 1.29 is 9.53 Å². The molecule has 0 aliphatic carbocycles. The normalized spacial score (nSPS) is 10.2. The van der Waals surface area contributed by atoms with Crippen LogP contribution in [0.4, 0.5) is 0 Å². The Morgan fingerprint density at radius 3 is 3.06 bits per heavy atom. The molecule has 1 heterocycles. The predicted molar refractivity (Wildman–Crippen MR) is 65.3 cm³/mol. The molecule has 5 heteroatoms. The minimum absolute atomic E-state index is 0.0351. The Bertz CT molecular complexity index is 355. The van der Waals surface area contributed by atoms with Crippen LogP contribution in [0.2, 0.25) is 0 Å². The van der Waals surface area contributed by atoms with Gasteiger partial charge in [0, 0.05) is 19.2 Å². The third-order valence-electron chi connectivity index (χ3n) is 2.31. The van der Waals surface area contributed by atoms with Crippen LogP contribution in [-0.4, -0.2) is 30.6 Å². The van der Waals surface area contributed by atoms with E-state index in [9.17, 15) is 4.79 Å². The second-order valence-corrected chi connectivity index (χ2v) is 3.69. The predicted octanol–water partition coefficient (Wildman–Crippen LogP) is 0.372. The van der Waals surface area contributed by atoms with Crippen LogP contribution >= 0.6 is 0 Å². The molecule has 0 radical (unpaired) electrons. The molecule has 0 aliphatic heterocycles. The number of carbonyl (C=O) groups excluding carboxylic acids is 1. The van der Waals surface area contributed by atoms with Crippen LogP contribution in [0.3, 0.4) is 0 Å². The van der Waals surface area contributed by atoms with Gasteiger partial charge in [0.1, 0.15) is 0 Å². The van der Waals surface area contributed by atoms with Crippen molar-refractivity contribution in [3.05, 3.63) is 29.6 Å². The highest BCUT2D eigenvalue weighted by atomic mass is 16.5. The van der Waals surface area contributed by atoms with E-state index in [1.807, 2.05) is 19.1 Å². The van der Waals surface area contributed by atoms with E-state index >= 15 is 0 Å². The van der Waals surface area contributed by atoms with Crippen LogP contribution in [0.25, 0.3) is 0 Å². The Labute approximate surface area is 101 Å². The molecule has 0 unspecified atom stereocenters. The summed E-state index contributed by atoms with van der Waals surface area (Å²) in [6, 6.07) is 3.85. The van der Waals surface area contributed by atoms with Gasteiger partial charge in [-0.15, -0.1) is 0 Å². The number of carbonyl (C=O) groups is 1. The molecular formula is C12H19N3O2. The summed E-state index contributed by atoms with van der Waals surface area (Å²) in [5.74, 6) is -0.0351. The third-order valence-corrected chi connectivity index (χ3v) is 2.31.